The first-order valence-electron chi connectivity index (χ1n) is 5.90. The number of carbonyl (C=O) groups is 1. The molecule has 0 saturated carbocycles. The van der Waals surface area contributed by atoms with Crippen LogP contribution in [0, 0.1) is 0 Å². The molecule has 1 fully saturated rings. The minimum atomic E-state index is -0.266. The molecule has 1 aliphatic rings. The quantitative estimate of drug-likeness (QED) is 0.793. The number of amides is 1. The summed E-state index contributed by atoms with van der Waals surface area (Å²) in [7, 11) is 0. The Labute approximate surface area is 98.3 Å². The molecule has 1 rings (SSSR count). The van der Waals surface area contributed by atoms with Gasteiger partial charge in [0.15, 0.2) is 0 Å². The monoisotopic (exact) mass is 228 g/mol. The zero-order valence-corrected chi connectivity index (χ0v) is 11.3. The molecule has 0 aromatic rings. The number of nitrogens with one attached hydrogen (secondary N) is 1. The molecule has 0 bridgehead atoms. The van der Waals surface area contributed by atoms with E-state index in [1.54, 1.807) is 0 Å². The topological polar surface area (TPSA) is 41.6 Å². The maximum absolute atomic E-state index is 12.1. The molecule has 16 heavy (non-hydrogen) atoms. The van der Waals surface area contributed by atoms with Crippen LogP contribution in [0.2, 0.25) is 0 Å². The van der Waals surface area contributed by atoms with E-state index in [2.05, 4.69) is 5.32 Å². The van der Waals surface area contributed by atoms with Crippen LogP contribution >= 0.6 is 0 Å². The first kappa shape index (κ1) is 13.5. The van der Waals surface area contributed by atoms with Gasteiger partial charge in [-0.25, -0.2) is 0 Å². The van der Waals surface area contributed by atoms with Crippen molar-refractivity contribution >= 4 is 5.91 Å². The van der Waals surface area contributed by atoms with Crippen LogP contribution in [0.3, 0.4) is 0 Å². The molecular formula is C12H24N2O2. The van der Waals surface area contributed by atoms with Crippen LogP contribution in [0.1, 0.15) is 41.5 Å². The summed E-state index contributed by atoms with van der Waals surface area (Å²) in [5.41, 5.74) is -0.469. The summed E-state index contributed by atoms with van der Waals surface area (Å²) in [4.78, 5) is 13.9. The van der Waals surface area contributed by atoms with Crippen LogP contribution < -0.4 is 5.32 Å². The van der Waals surface area contributed by atoms with E-state index in [0.717, 1.165) is 6.54 Å². The first-order chi connectivity index (χ1) is 7.17. The lowest BCUT2D eigenvalue weighted by Gasteiger charge is -2.29. The molecule has 1 atom stereocenters. The standard InChI is InChI=1S/C12H24N2O2/c1-7-14-10(15)9(13-12(14,5)6)8-16-11(2,3)4/h9,13H,7-8H2,1-6H3/t9-/m0/s1. The van der Waals surface area contributed by atoms with Gasteiger partial charge in [-0.2, -0.15) is 0 Å². The van der Waals surface area contributed by atoms with Crippen molar-refractivity contribution in [3.8, 4) is 0 Å². The first-order valence-corrected chi connectivity index (χ1v) is 5.90. The summed E-state index contributed by atoms with van der Waals surface area (Å²) >= 11 is 0. The summed E-state index contributed by atoms with van der Waals surface area (Å²) in [6, 6.07) is -0.214. The fraction of sp³-hybridized carbons (Fsp3) is 0.917. The molecule has 0 unspecified atom stereocenters. The van der Waals surface area contributed by atoms with Crippen molar-refractivity contribution in [2.24, 2.45) is 0 Å². The van der Waals surface area contributed by atoms with Crippen LogP contribution in [-0.2, 0) is 9.53 Å². The number of hydrogen-bond acceptors (Lipinski definition) is 3. The van der Waals surface area contributed by atoms with E-state index in [1.807, 2.05) is 46.4 Å². The van der Waals surface area contributed by atoms with Crippen molar-refractivity contribution < 1.29 is 9.53 Å². The third-order valence-corrected chi connectivity index (χ3v) is 2.77. The zero-order chi connectivity index (χ0) is 12.6. The Bertz CT molecular complexity index is 269. The van der Waals surface area contributed by atoms with Crippen molar-refractivity contribution in [1.82, 2.24) is 10.2 Å². The molecule has 0 aromatic heterocycles. The van der Waals surface area contributed by atoms with Crippen LogP contribution in [0.5, 0.6) is 0 Å². The highest BCUT2D eigenvalue weighted by Gasteiger charge is 2.43. The zero-order valence-electron chi connectivity index (χ0n) is 11.3. The fourth-order valence-corrected chi connectivity index (χ4v) is 2.03. The Kier molecular flexibility index (Phi) is 3.65. The highest BCUT2D eigenvalue weighted by atomic mass is 16.5. The number of ether oxygens (including phenoxy) is 1. The van der Waals surface area contributed by atoms with Gasteiger partial charge in [0.05, 0.1) is 17.9 Å². The number of rotatable bonds is 3. The second kappa shape index (κ2) is 4.34. The van der Waals surface area contributed by atoms with E-state index >= 15 is 0 Å². The molecular weight excluding hydrogens is 204 g/mol. The molecule has 0 spiro atoms. The highest BCUT2D eigenvalue weighted by molar-refractivity contribution is 5.85. The Balaban J connectivity index is 2.62. The van der Waals surface area contributed by atoms with E-state index in [1.165, 1.54) is 0 Å². The predicted octanol–water partition coefficient (Wildman–Crippen LogP) is 1.36. The number of nitrogens with zero attached hydrogens (tertiary/aromatic N) is 1. The van der Waals surface area contributed by atoms with Crippen LogP contribution in [0.4, 0.5) is 0 Å². The highest BCUT2D eigenvalue weighted by Crippen LogP contribution is 2.21. The Morgan fingerprint density at radius 1 is 1.44 bits per heavy atom. The maximum Gasteiger partial charge on any atom is 0.243 e. The van der Waals surface area contributed by atoms with Gasteiger partial charge in [0, 0.05) is 6.54 Å². The number of likely N-dealkylation sites (N-methyl/N-ethyl adjacent to an activating group) is 1. The van der Waals surface area contributed by atoms with Crippen molar-refractivity contribution in [3.63, 3.8) is 0 Å². The van der Waals surface area contributed by atoms with Crippen molar-refractivity contribution in [2.45, 2.75) is 58.8 Å². The van der Waals surface area contributed by atoms with Gasteiger partial charge in [-0.3, -0.25) is 10.1 Å². The molecule has 0 aliphatic carbocycles. The average Bonchev–Trinajstić information content (AvgIpc) is 2.32. The summed E-state index contributed by atoms with van der Waals surface area (Å²) in [6.07, 6.45) is 0. The molecule has 0 aromatic carbocycles. The summed E-state index contributed by atoms with van der Waals surface area (Å²) in [5.74, 6) is 0.136. The Morgan fingerprint density at radius 3 is 2.38 bits per heavy atom. The normalized spacial score (nSPS) is 25.2. The Morgan fingerprint density at radius 2 is 2.00 bits per heavy atom. The Hall–Kier alpha value is -0.610. The SMILES string of the molecule is CCN1C(=O)[C@H](COC(C)(C)C)NC1(C)C. The molecule has 4 heteroatoms. The summed E-state index contributed by atoms with van der Waals surface area (Å²) < 4.78 is 5.66. The summed E-state index contributed by atoms with van der Waals surface area (Å²) in [5, 5.41) is 3.30. The minimum absolute atomic E-state index is 0.136. The minimum Gasteiger partial charge on any atom is -0.374 e. The van der Waals surface area contributed by atoms with Gasteiger partial charge in [0.2, 0.25) is 5.91 Å². The van der Waals surface area contributed by atoms with E-state index < -0.39 is 0 Å². The second-order valence-corrected chi connectivity index (χ2v) is 5.76. The summed E-state index contributed by atoms with van der Waals surface area (Å²) in [6.45, 7) is 13.2. The molecule has 1 aliphatic heterocycles. The lowest BCUT2D eigenvalue weighted by Crippen LogP contribution is -2.47. The van der Waals surface area contributed by atoms with Gasteiger partial charge < -0.3 is 9.64 Å². The van der Waals surface area contributed by atoms with Crippen molar-refractivity contribution in [1.29, 1.82) is 0 Å². The smallest absolute Gasteiger partial charge is 0.243 e. The van der Waals surface area contributed by atoms with Gasteiger partial charge in [-0.15, -0.1) is 0 Å². The van der Waals surface area contributed by atoms with Gasteiger partial charge >= 0.3 is 0 Å². The van der Waals surface area contributed by atoms with Gasteiger partial charge in [-0.1, -0.05) is 0 Å². The van der Waals surface area contributed by atoms with Crippen molar-refractivity contribution in [3.05, 3.63) is 0 Å². The molecule has 1 N–H and O–H groups in total. The molecule has 1 saturated heterocycles. The fourth-order valence-electron chi connectivity index (χ4n) is 2.03. The van der Waals surface area contributed by atoms with E-state index in [4.69, 9.17) is 4.74 Å². The van der Waals surface area contributed by atoms with Gasteiger partial charge in [-0.05, 0) is 41.5 Å². The van der Waals surface area contributed by atoms with E-state index in [-0.39, 0.29) is 23.2 Å². The molecule has 94 valence electrons. The molecule has 1 heterocycles. The van der Waals surface area contributed by atoms with E-state index in [9.17, 15) is 4.79 Å². The molecule has 1 amide bonds. The van der Waals surface area contributed by atoms with Crippen molar-refractivity contribution in [2.75, 3.05) is 13.2 Å². The number of carbonyl (C=O) groups excluding carboxylic acids is 1. The molecule has 4 nitrogen and oxygen atoms in total. The van der Waals surface area contributed by atoms with Gasteiger partial charge in [0.25, 0.3) is 0 Å². The maximum atomic E-state index is 12.1. The van der Waals surface area contributed by atoms with Crippen LogP contribution in [-0.4, -0.2) is 41.3 Å². The van der Waals surface area contributed by atoms with Crippen LogP contribution in [0.25, 0.3) is 0 Å². The number of hydrogen-bond donors (Lipinski definition) is 1. The largest absolute Gasteiger partial charge is 0.374 e. The van der Waals surface area contributed by atoms with E-state index in [0.29, 0.717) is 6.61 Å². The second-order valence-electron chi connectivity index (χ2n) is 5.76. The third-order valence-electron chi connectivity index (χ3n) is 2.77. The van der Waals surface area contributed by atoms with Gasteiger partial charge in [0.1, 0.15) is 6.04 Å². The van der Waals surface area contributed by atoms with Crippen LogP contribution in [0.15, 0.2) is 0 Å². The molecule has 0 radical (unpaired) electrons. The average molecular weight is 228 g/mol. The third kappa shape index (κ3) is 2.95. The lowest BCUT2D eigenvalue weighted by atomic mass is 10.2. The lowest BCUT2D eigenvalue weighted by molar-refractivity contribution is -0.133. The predicted molar refractivity (Wildman–Crippen MR) is 64.1 cm³/mol.